The normalized spacial score (nSPS) is 11.1. The number of anilines is 1. The molecular formula is C14H16N2O4S. The Hall–Kier alpha value is -2.28. The van der Waals surface area contributed by atoms with Crippen molar-refractivity contribution in [2.75, 3.05) is 11.6 Å². The topological polar surface area (TPSA) is 88.4 Å². The fourth-order valence-corrected chi connectivity index (χ4v) is 2.58. The van der Waals surface area contributed by atoms with Gasteiger partial charge in [-0.1, -0.05) is 12.1 Å². The molecule has 0 aliphatic carbocycles. The second-order valence-electron chi connectivity index (χ2n) is 4.66. The zero-order chi connectivity index (χ0) is 15.3. The Morgan fingerprint density at radius 1 is 1.24 bits per heavy atom. The van der Waals surface area contributed by atoms with Gasteiger partial charge < -0.3 is 15.1 Å². The molecule has 0 aliphatic rings. The maximum Gasteiger partial charge on any atom is 0.319 e. The number of hydrogen-bond acceptors (Lipinski definition) is 4. The minimum absolute atomic E-state index is 0.0590. The van der Waals surface area contributed by atoms with Crippen LogP contribution in [0.1, 0.15) is 11.3 Å². The van der Waals surface area contributed by atoms with Crippen molar-refractivity contribution in [3.8, 4) is 0 Å². The number of sulfone groups is 1. The van der Waals surface area contributed by atoms with Gasteiger partial charge in [-0.15, -0.1) is 0 Å². The smallest absolute Gasteiger partial charge is 0.319 e. The molecule has 0 atom stereocenters. The summed E-state index contributed by atoms with van der Waals surface area (Å²) in [5.74, 6) is 0.590. The van der Waals surface area contributed by atoms with Gasteiger partial charge in [-0.05, 0) is 29.8 Å². The van der Waals surface area contributed by atoms with E-state index in [2.05, 4.69) is 10.6 Å². The molecule has 21 heavy (non-hydrogen) atoms. The quantitative estimate of drug-likeness (QED) is 0.885. The first-order valence-corrected chi connectivity index (χ1v) is 8.32. The summed E-state index contributed by atoms with van der Waals surface area (Å²) in [7, 11) is -3.10. The minimum atomic E-state index is -3.10. The van der Waals surface area contributed by atoms with Gasteiger partial charge in [0.1, 0.15) is 5.76 Å². The molecule has 1 aromatic carbocycles. The van der Waals surface area contributed by atoms with Gasteiger partial charge in [0.15, 0.2) is 9.84 Å². The third-order valence-electron chi connectivity index (χ3n) is 2.62. The van der Waals surface area contributed by atoms with Crippen molar-refractivity contribution < 1.29 is 17.6 Å². The molecule has 2 amide bonds. The number of hydrogen-bond donors (Lipinski definition) is 2. The van der Waals surface area contributed by atoms with Crippen molar-refractivity contribution in [3.63, 3.8) is 0 Å². The van der Waals surface area contributed by atoms with Crippen molar-refractivity contribution in [1.29, 1.82) is 0 Å². The first-order valence-electron chi connectivity index (χ1n) is 6.26. The highest BCUT2D eigenvalue weighted by atomic mass is 32.2. The molecule has 0 unspecified atom stereocenters. The third-order valence-corrected chi connectivity index (χ3v) is 3.47. The molecule has 2 N–H and O–H groups in total. The van der Waals surface area contributed by atoms with Crippen LogP contribution in [-0.4, -0.2) is 20.7 Å². The molecule has 2 aromatic rings. The molecule has 0 bridgehead atoms. The fraction of sp³-hybridized carbons (Fsp3) is 0.214. The zero-order valence-electron chi connectivity index (χ0n) is 11.5. The van der Waals surface area contributed by atoms with E-state index in [1.807, 2.05) is 0 Å². The van der Waals surface area contributed by atoms with Gasteiger partial charge >= 0.3 is 6.03 Å². The van der Waals surface area contributed by atoms with Gasteiger partial charge in [0, 0.05) is 11.9 Å². The van der Waals surface area contributed by atoms with Crippen molar-refractivity contribution in [1.82, 2.24) is 5.32 Å². The second kappa shape index (κ2) is 6.45. The standard InChI is InChI=1S/C14H16N2O4S/c1-21(18,19)10-11-4-2-5-12(8-11)16-14(17)15-9-13-6-3-7-20-13/h2-8H,9-10H2,1H3,(H2,15,16,17). The van der Waals surface area contributed by atoms with Crippen LogP contribution in [0.2, 0.25) is 0 Å². The maximum atomic E-state index is 11.7. The SMILES string of the molecule is CS(=O)(=O)Cc1cccc(NC(=O)NCc2ccco2)c1. The number of benzene rings is 1. The van der Waals surface area contributed by atoms with Crippen molar-refractivity contribution >= 4 is 21.6 Å². The maximum absolute atomic E-state index is 11.7. The molecule has 1 aromatic heterocycles. The first kappa shape index (κ1) is 15.1. The van der Waals surface area contributed by atoms with Gasteiger partial charge in [-0.3, -0.25) is 0 Å². The number of urea groups is 1. The predicted molar refractivity (Wildman–Crippen MR) is 79.6 cm³/mol. The Morgan fingerprint density at radius 3 is 2.71 bits per heavy atom. The highest BCUT2D eigenvalue weighted by Crippen LogP contribution is 2.13. The molecule has 1 heterocycles. The van der Waals surface area contributed by atoms with Crippen LogP contribution in [0.4, 0.5) is 10.5 Å². The average molecular weight is 308 g/mol. The molecule has 112 valence electrons. The van der Waals surface area contributed by atoms with E-state index in [1.165, 1.54) is 12.5 Å². The molecule has 0 saturated carbocycles. The summed E-state index contributed by atoms with van der Waals surface area (Å²) < 4.78 is 27.6. The summed E-state index contributed by atoms with van der Waals surface area (Å²) in [5.41, 5.74) is 1.16. The molecule has 0 saturated heterocycles. The molecular weight excluding hydrogens is 292 g/mol. The van der Waals surface area contributed by atoms with E-state index >= 15 is 0 Å². The van der Waals surface area contributed by atoms with Gasteiger partial charge in [-0.25, -0.2) is 13.2 Å². The molecule has 0 radical (unpaired) electrons. The Kier molecular flexibility index (Phi) is 4.64. The van der Waals surface area contributed by atoms with Crippen molar-refractivity contribution in [3.05, 3.63) is 54.0 Å². The van der Waals surface area contributed by atoms with Crippen LogP contribution in [0.5, 0.6) is 0 Å². The van der Waals surface area contributed by atoms with Gasteiger partial charge in [0.2, 0.25) is 0 Å². The largest absolute Gasteiger partial charge is 0.467 e. The van der Waals surface area contributed by atoms with E-state index in [0.717, 1.165) is 0 Å². The predicted octanol–water partition coefficient (Wildman–Crippen LogP) is 2.15. The van der Waals surface area contributed by atoms with Gasteiger partial charge in [0.05, 0.1) is 18.6 Å². The molecule has 2 rings (SSSR count). The fourth-order valence-electron chi connectivity index (χ4n) is 1.80. The Balaban J connectivity index is 1.93. The van der Waals surface area contributed by atoms with E-state index in [9.17, 15) is 13.2 Å². The Labute approximate surface area is 123 Å². The lowest BCUT2D eigenvalue weighted by Gasteiger charge is -2.08. The van der Waals surface area contributed by atoms with E-state index in [0.29, 0.717) is 17.0 Å². The monoisotopic (exact) mass is 308 g/mol. The number of carbonyl (C=O) groups excluding carboxylic acids is 1. The van der Waals surface area contributed by atoms with E-state index < -0.39 is 9.84 Å². The van der Waals surface area contributed by atoms with E-state index in [4.69, 9.17) is 4.42 Å². The molecule has 0 spiro atoms. The molecule has 7 heteroatoms. The van der Waals surface area contributed by atoms with Crippen LogP contribution in [0.25, 0.3) is 0 Å². The lowest BCUT2D eigenvalue weighted by atomic mass is 10.2. The van der Waals surface area contributed by atoms with Crippen LogP contribution in [0.3, 0.4) is 0 Å². The number of carbonyl (C=O) groups is 1. The van der Waals surface area contributed by atoms with E-state index in [1.54, 1.807) is 36.4 Å². The highest BCUT2D eigenvalue weighted by Gasteiger charge is 2.07. The average Bonchev–Trinajstić information content (AvgIpc) is 2.87. The number of rotatable bonds is 5. The second-order valence-corrected chi connectivity index (χ2v) is 6.80. The zero-order valence-corrected chi connectivity index (χ0v) is 12.3. The molecule has 0 fully saturated rings. The first-order chi connectivity index (χ1) is 9.92. The lowest BCUT2D eigenvalue weighted by molar-refractivity contribution is 0.251. The Morgan fingerprint density at radius 2 is 2.05 bits per heavy atom. The lowest BCUT2D eigenvalue weighted by Crippen LogP contribution is -2.28. The summed E-state index contributed by atoms with van der Waals surface area (Å²) in [6, 6.07) is 9.83. The molecule has 6 nitrogen and oxygen atoms in total. The van der Waals surface area contributed by atoms with Gasteiger partial charge in [-0.2, -0.15) is 0 Å². The summed E-state index contributed by atoms with van der Waals surface area (Å²) in [6.07, 6.45) is 2.70. The summed E-state index contributed by atoms with van der Waals surface area (Å²) in [5, 5.41) is 5.28. The van der Waals surface area contributed by atoms with Crippen LogP contribution < -0.4 is 10.6 Å². The van der Waals surface area contributed by atoms with Crippen LogP contribution in [0.15, 0.2) is 47.1 Å². The molecule has 0 aliphatic heterocycles. The summed E-state index contributed by atoms with van der Waals surface area (Å²) in [6.45, 7) is 0.280. The Bertz CT molecular complexity index is 708. The number of amides is 2. The van der Waals surface area contributed by atoms with Crippen LogP contribution >= 0.6 is 0 Å². The number of furan rings is 1. The highest BCUT2D eigenvalue weighted by molar-refractivity contribution is 7.89. The van der Waals surface area contributed by atoms with Crippen molar-refractivity contribution in [2.24, 2.45) is 0 Å². The third kappa shape index (κ3) is 5.31. The van der Waals surface area contributed by atoms with E-state index in [-0.39, 0.29) is 18.3 Å². The minimum Gasteiger partial charge on any atom is -0.467 e. The summed E-state index contributed by atoms with van der Waals surface area (Å²) in [4.78, 5) is 11.7. The van der Waals surface area contributed by atoms with Crippen LogP contribution in [-0.2, 0) is 22.1 Å². The number of nitrogens with one attached hydrogen (secondary N) is 2. The van der Waals surface area contributed by atoms with Crippen LogP contribution in [0, 0.1) is 0 Å². The van der Waals surface area contributed by atoms with Crippen molar-refractivity contribution in [2.45, 2.75) is 12.3 Å². The van der Waals surface area contributed by atoms with Gasteiger partial charge in [0.25, 0.3) is 0 Å². The summed E-state index contributed by atoms with van der Waals surface area (Å²) >= 11 is 0.